The molecule has 1 aliphatic heterocycles. The third kappa shape index (κ3) is 1.79. The molecule has 0 unspecified atom stereocenters. The zero-order valence-electron chi connectivity index (χ0n) is 9.02. The first-order valence-electron chi connectivity index (χ1n) is 5.39. The molecule has 1 aromatic heterocycles. The second-order valence-electron chi connectivity index (χ2n) is 3.88. The summed E-state index contributed by atoms with van der Waals surface area (Å²) < 4.78 is 1.63. The smallest absolute Gasteiger partial charge is 0.259 e. The van der Waals surface area contributed by atoms with Crippen LogP contribution in [0.25, 0.3) is 5.69 Å². The van der Waals surface area contributed by atoms with Crippen LogP contribution in [-0.4, -0.2) is 10.3 Å². The van der Waals surface area contributed by atoms with Gasteiger partial charge in [-0.1, -0.05) is 23.7 Å². The van der Waals surface area contributed by atoms with Gasteiger partial charge in [-0.15, -0.1) is 11.8 Å². The molecule has 0 bridgehead atoms. The highest BCUT2D eigenvalue weighted by Gasteiger charge is 2.17. The highest BCUT2D eigenvalue weighted by Crippen LogP contribution is 2.29. The number of rotatable bonds is 1. The molecule has 2 aromatic rings. The predicted octanol–water partition coefficient (Wildman–Crippen LogP) is 3.14. The van der Waals surface area contributed by atoms with Gasteiger partial charge in [0.2, 0.25) is 0 Å². The van der Waals surface area contributed by atoms with Gasteiger partial charge in [-0.3, -0.25) is 9.36 Å². The molecular formula is C13H10ClNOS. The molecule has 0 spiro atoms. The molecular weight excluding hydrogens is 254 g/mol. The summed E-state index contributed by atoms with van der Waals surface area (Å²) in [6.07, 6.45) is 2.66. The van der Waals surface area contributed by atoms with Crippen molar-refractivity contribution in [1.82, 2.24) is 4.57 Å². The van der Waals surface area contributed by atoms with Crippen LogP contribution in [0, 0.1) is 0 Å². The minimum Gasteiger partial charge on any atom is -0.283 e. The normalized spacial score (nSPS) is 13.7. The summed E-state index contributed by atoms with van der Waals surface area (Å²) >= 11 is 7.86. The minimum absolute atomic E-state index is 0.0561. The maximum absolute atomic E-state index is 12.3. The Balaban J connectivity index is 2.24. The maximum atomic E-state index is 12.3. The third-order valence-electron chi connectivity index (χ3n) is 2.87. The molecule has 0 fully saturated rings. The van der Waals surface area contributed by atoms with E-state index in [-0.39, 0.29) is 5.56 Å². The van der Waals surface area contributed by atoms with E-state index in [2.05, 4.69) is 0 Å². The molecule has 0 saturated heterocycles. The average molecular weight is 264 g/mol. The lowest BCUT2D eigenvalue weighted by Crippen LogP contribution is -2.21. The number of benzene rings is 1. The molecule has 17 heavy (non-hydrogen) atoms. The van der Waals surface area contributed by atoms with Gasteiger partial charge in [0, 0.05) is 22.4 Å². The fourth-order valence-electron chi connectivity index (χ4n) is 2.03. The van der Waals surface area contributed by atoms with E-state index in [1.165, 1.54) is 0 Å². The number of hydrogen-bond donors (Lipinski definition) is 0. The van der Waals surface area contributed by atoms with Crippen molar-refractivity contribution in [2.45, 2.75) is 11.3 Å². The molecule has 2 nitrogen and oxygen atoms in total. The molecule has 0 aliphatic carbocycles. The Morgan fingerprint density at radius 2 is 2.06 bits per heavy atom. The molecule has 0 amide bonds. The van der Waals surface area contributed by atoms with Crippen LogP contribution in [0.5, 0.6) is 0 Å². The quantitative estimate of drug-likeness (QED) is 0.789. The summed E-state index contributed by atoms with van der Waals surface area (Å²) in [4.78, 5) is 13.4. The summed E-state index contributed by atoms with van der Waals surface area (Å²) in [5.74, 6) is 0.997. The summed E-state index contributed by atoms with van der Waals surface area (Å²) in [6, 6.07) is 9.40. The highest BCUT2D eigenvalue weighted by atomic mass is 35.5. The summed E-state index contributed by atoms with van der Waals surface area (Å²) in [6.45, 7) is 0. The van der Waals surface area contributed by atoms with Crippen molar-refractivity contribution in [3.63, 3.8) is 0 Å². The van der Waals surface area contributed by atoms with Crippen molar-refractivity contribution in [2.24, 2.45) is 0 Å². The van der Waals surface area contributed by atoms with Gasteiger partial charge in [-0.2, -0.15) is 0 Å². The van der Waals surface area contributed by atoms with Gasteiger partial charge in [-0.25, -0.2) is 0 Å². The van der Waals surface area contributed by atoms with Crippen LogP contribution in [-0.2, 0) is 6.42 Å². The third-order valence-corrected chi connectivity index (χ3v) is 4.29. The van der Waals surface area contributed by atoms with E-state index in [1.807, 2.05) is 24.3 Å². The SMILES string of the molecule is O=c1c2c(ccn1-c1ccccc1Cl)SCC2. The maximum Gasteiger partial charge on any atom is 0.259 e. The lowest BCUT2D eigenvalue weighted by atomic mass is 10.2. The molecule has 1 aliphatic rings. The van der Waals surface area contributed by atoms with E-state index >= 15 is 0 Å². The topological polar surface area (TPSA) is 22.0 Å². The van der Waals surface area contributed by atoms with Gasteiger partial charge >= 0.3 is 0 Å². The monoisotopic (exact) mass is 263 g/mol. The summed E-state index contributed by atoms with van der Waals surface area (Å²) in [7, 11) is 0. The van der Waals surface area contributed by atoms with Crippen LogP contribution >= 0.6 is 23.4 Å². The number of aromatic nitrogens is 1. The summed E-state index contributed by atoms with van der Waals surface area (Å²) in [5, 5.41) is 0.597. The predicted molar refractivity (Wildman–Crippen MR) is 71.5 cm³/mol. The second-order valence-corrected chi connectivity index (χ2v) is 5.43. The van der Waals surface area contributed by atoms with Gasteiger partial charge in [0.15, 0.2) is 0 Å². The van der Waals surface area contributed by atoms with Crippen LogP contribution < -0.4 is 5.56 Å². The highest BCUT2D eigenvalue weighted by molar-refractivity contribution is 7.99. The zero-order chi connectivity index (χ0) is 11.8. The van der Waals surface area contributed by atoms with Gasteiger partial charge in [0.05, 0.1) is 10.7 Å². The van der Waals surface area contributed by atoms with Crippen LogP contribution in [0.2, 0.25) is 5.02 Å². The molecule has 0 saturated carbocycles. The molecule has 86 valence electrons. The Hall–Kier alpha value is -1.19. The number of hydrogen-bond acceptors (Lipinski definition) is 2. The average Bonchev–Trinajstić information content (AvgIpc) is 2.80. The first kappa shape index (κ1) is 10.9. The van der Waals surface area contributed by atoms with Crippen LogP contribution in [0.4, 0.5) is 0 Å². The Morgan fingerprint density at radius 1 is 1.24 bits per heavy atom. The molecule has 0 N–H and O–H groups in total. The van der Waals surface area contributed by atoms with E-state index < -0.39 is 0 Å². The number of halogens is 1. The molecule has 3 rings (SSSR count). The number of thioether (sulfide) groups is 1. The van der Waals surface area contributed by atoms with Crippen LogP contribution in [0.1, 0.15) is 5.56 Å². The van der Waals surface area contributed by atoms with Crippen molar-refractivity contribution >= 4 is 23.4 Å². The number of nitrogens with zero attached hydrogens (tertiary/aromatic N) is 1. The molecule has 0 atom stereocenters. The lowest BCUT2D eigenvalue weighted by molar-refractivity contribution is 0.926. The fourth-order valence-corrected chi connectivity index (χ4v) is 3.30. The Kier molecular flexibility index (Phi) is 2.73. The lowest BCUT2D eigenvalue weighted by Gasteiger charge is -2.09. The molecule has 1 aromatic carbocycles. The van der Waals surface area contributed by atoms with E-state index in [4.69, 9.17) is 11.6 Å². The van der Waals surface area contributed by atoms with Gasteiger partial charge < -0.3 is 0 Å². The van der Waals surface area contributed by atoms with Gasteiger partial charge in [0.25, 0.3) is 5.56 Å². The fraction of sp³-hybridized carbons (Fsp3) is 0.154. The van der Waals surface area contributed by atoms with E-state index in [9.17, 15) is 4.79 Å². The largest absolute Gasteiger partial charge is 0.283 e. The first-order chi connectivity index (χ1) is 8.27. The Morgan fingerprint density at radius 3 is 2.88 bits per heavy atom. The molecule has 2 heterocycles. The van der Waals surface area contributed by atoms with Crippen molar-refractivity contribution in [3.8, 4) is 5.69 Å². The van der Waals surface area contributed by atoms with Crippen LogP contribution in [0.3, 0.4) is 0 Å². The van der Waals surface area contributed by atoms with E-state index in [1.54, 1.807) is 28.6 Å². The minimum atomic E-state index is 0.0561. The van der Waals surface area contributed by atoms with Crippen molar-refractivity contribution in [3.05, 3.63) is 57.5 Å². The van der Waals surface area contributed by atoms with E-state index in [0.29, 0.717) is 5.02 Å². The zero-order valence-corrected chi connectivity index (χ0v) is 10.6. The van der Waals surface area contributed by atoms with Gasteiger partial charge in [0.1, 0.15) is 0 Å². The summed E-state index contributed by atoms with van der Waals surface area (Å²) in [5.41, 5.74) is 1.72. The van der Waals surface area contributed by atoms with Crippen molar-refractivity contribution < 1.29 is 0 Å². The standard InChI is InChI=1S/C13H10ClNOS/c14-10-3-1-2-4-11(10)15-7-5-12-9(13(15)16)6-8-17-12/h1-5,7H,6,8H2. The number of fused-ring (bicyclic) bond motifs is 1. The number of pyridine rings is 1. The van der Waals surface area contributed by atoms with Crippen molar-refractivity contribution in [1.29, 1.82) is 0 Å². The Labute approximate surface area is 108 Å². The van der Waals surface area contributed by atoms with E-state index in [0.717, 1.165) is 28.3 Å². The first-order valence-corrected chi connectivity index (χ1v) is 6.76. The Bertz CT molecular complexity index is 636. The van der Waals surface area contributed by atoms with Crippen molar-refractivity contribution in [2.75, 3.05) is 5.75 Å². The van der Waals surface area contributed by atoms with Gasteiger partial charge in [-0.05, 0) is 24.6 Å². The molecule has 4 heteroatoms. The second kappa shape index (κ2) is 4.24. The number of para-hydroxylation sites is 1. The van der Waals surface area contributed by atoms with Crippen LogP contribution in [0.15, 0.2) is 46.2 Å². The molecule has 0 radical (unpaired) electrons.